The van der Waals surface area contributed by atoms with Gasteiger partial charge in [0.1, 0.15) is 34.3 Å². The Bertz CT molecular complexity index is 669. The van der Waals surface area contributed by atoms with Crippen molar-refractivity contribution in [1.29, 1.82) is 0 Å². The van der Waals surface area contributed by atoms with Crippen LogP contribution in [0.4, 0.5) is 0 Å². The number of pyridine rings is 2. The molecule has 22 heavy (non-hydrogen) atoms. The largest absolute Gasteiger partial charge is 0.489 e. The van der Waals surface area contributed by atoms with Crippen molar-refractivity contribution >= 4 is 33.5 Å². The third-order valence-corrected chi connectivity index (χ3v) is 3.16. The molecule has 8 heteroatoms. The number of esters is 1. The van der Waals surface area contributed by atoms with E-state index >= 15 is 0 Å². The number of carbonyl (C=O) groups is 1. The Hall–Kier alpha value is -1.86. The maximum atomic E-state index is 11.6. The van der Waals surface area contributed by atoms with E-state index in [2.05, 4.69) is 30.6 Å². The lowest BCUT2D eigenvalue weighted by Gasteiger charge is -2.11. The van der Waals surface area contributed by atoms with E-state index in [1.54, 1.807) is 24.3 Å². The fourth-order valence-corrected chi connectivity index (χ4v) is 2.03. The van der Waals surface area contributed by atoms with E-state index in [1.165, 1.54) is 13.3 Å². The highest BCUT2D eigenvalue weighted by molar-refractivity contribution is 9.10. The minimum absolute atomic E-state index is 0.217. The fraction of sp³-hybridized carbons (Fsp3) is 0.214. The second-order valence-corrected chi connectivity index (χ2v) is 5.19. The maximum Gasteiger partial charge on any atom is 0.343 e. The molecule has 0 aliphatic rings. The van der Waals surface area contributed by atoms with Gasteiger partial charge in [-0.1, -0.05) is 17.7 Å². The molecule has 0 amide bonds. The molecule has 2 rings (SSSR count). The molecule has 0 aliphatic carbocycles. The predicted octanol–water partition coefficient (Wildman–Crippen LogP) is 3.14. The molecule has 2 aromatic heterocycles. The molecular weight excluding hydrogens is 376 g/mol. The van der Waals surface area contributed by atoms with Gasteiger partial charge in [0, 0.05) is 18.3 Å². The molecule has 0 unspecified atom stereocenters. The highest BCUT2D eigenvalue weighted by Crippen LogP contribution is 2.22. The molecule has 0 spiro atoms. The highest BCUT2D eigenvalue weighted by Gasteiger charge is 2.14. The van der Waals surface area contributed by atoms with Crippen LogP contribution in [0.2, 0.25) is 5.15 Å². The Balaban J connectivity index is 1.94. The molecule has 0 atom stereocenters. The highest BCUT2D eigenvalue weighted by atomic mass is 79.9. The monoisotopic (exact) mass is 386 g/mol. The summed E-state index contributed by atoms with van der Waals surface area (Å²) in [5, 5.41) is 0.351. The molecule has 6 nitrogen and oxygen atoms in total. The Morgan fingerprint density at radius 2 is 2.09 bits per heavy atom. The first-order valence-corrected chi connectivity index (χ1v) is 7.39. The van der Waals surface area contributed by atoms with Gasteiger partial charge in [-0.25, -0.2) is 14.8 Å². The van der Waals surface area contributed by atoms with Crippen molar-refractivity contribution in [3.05, 3.63) is 45.8 Å². The van der Waals surface area contributed by atoms with E-state index in [9.17, 15) is 4.79 Å². The topological polar surface area (TPSA) is 70.5 Å². The van der Waals surface area contributed by atoms with Gasteiger partial charge in [-0.15, -0.1) is 0 Å². The second-order valence-electron chi connectivity index (χ2n) is 3.99. The van der Waals surface area contributed by atoms with Crippen LogP contribution in [0.25, 0.3) is 0 Å². The smallest absolute Gasteiger partial charge is 0.343 e. The van der Waals surface area contributed by atoms with Crippen molar-refractivity contribution in [3.63, 3.8) is 0 Å². The normalized spacial score (nSPS) is 10.1. The molecule has 0 bridgehead atoms. The molecule has 0 aromatic carbocycles. The molecule has 0 radical (unpaired) electrons. The molecule has 116 valence electrons. The molecule has 0 N–H and O–H groups in total. The number of rotatable bonds is 6. The van der Waals surface area contributed by atoms with Crippen LogP contribution in [0.1, 0.15) is 10.4 Å². The summed E-state index contributed by atoms with van der Waals surface area (Å²) in [6, 6.07) is 6.67. The zero-order valence-electron chi connectivity index (χ0n) is 11.6. The summed E-state index contributed by atoms with van der Waals surface area (Å²) in [5.41, 5.74) is 0.242. The first-order chi connectivity index (χ1) is 10.6. The summed E-state index contributed by atoms with van der Waals surface area (Å²) in [7, 11) is 1.29. The quantitative estimate of drug-likeness (QED) is 0.431. The van der Waals surface area contributed by atoms with Gasteiger partial charge in [-0.3, -0.25) is 0 Å². The number of halogens is 2. The lowest BCUT2D eigenvalue weighted by molar-refractivity contribution is 0.0594. The van der Waals surface area contributed by atoms with Gasteiger partial charge in [0.25, 0.3) is 0 Å². The summed E-state index contributed by atoms with van der Waals surface area (Å²) in [5.74, 6) is 0.240. The number of ether oxygens (including phenoxy) is 3. The number of hydrogen-bond donors (Lipinski definition) is 0. The molecule has 0 saturated carbocycles. The van der Waals surface area contributed by atoms with E-state index in [-0.39, 0.29) is 18.8 Å². The zero-order chi connectivity index (χ0) is 15.9. The zero-order valence-corrected chi connectivity index (χ0v) is 13.9. The summed E-state index contributed by atoms with van der Waals surface area (Å²) >= 11 is 8.98. The number of hydrogen-bond acceptors (Lipinski definition) is 6. The Labute approximate surface area is 140 Å². The van der Waals surface area contributed by atoms with E-state index in [4.69, 9.17) is 21.1 Å². The van der Waals surface area contributed by atoms with Gasteiger partial charge in [0.2, 0.25) is 5.88 Å². The summed E-state index contributed by atoms with van der Waals surface area (Å²) in [4.78, 5) is 19.6. The van der Waals surface area contributed by atoms with Crippen molar-refractivity contribution in [3.8, 4) is 11.6 Å². The average molecular weight is 388 g/mol. The number of carbonyl (C=O) groups excluding carboxylic acids is 1. The van der Waals surface area contributed by atoms with Gasteiger partial charge in [0.15, 0.2) is 0 Å². The van der Waals surface area contributed by atoms with Crippen LogP contribution < -0.4 is 9.47 Å². The minimum Gasteiger partial charge on any atom is -0.489 e. The van der Waals surface area contributed by atoms with Crippen LogP contribution in [0.3, 0.4) is 0 Å². The van der Waals surface area contributed by atoms with Crippen LogP contribution in [-0.2, 0) is 4.74 Å². The van der Waals surface area contributed by atoms with E-state index < -0.39 is 5.97 Å². The lowest BCUT2D eigenvalue weighted by atomic mass is 10.2. The fourth-order valence-electron chi connectivity index (χ4n) is 1.56. The van der Waals surface area contributed by atoms with Crippen molar-refractivity contribution in [2.45, 2.75) is 0 Å². The minimum atomic E-state index is -0.521. The maximum absolute atomic E-state index is 11.6. The van der Waals surface area contributed by atoms with Crippen molar-refractivity contribution in [1.82, 2.24) is 9.97 Å². The summed E-state index contributed by atoms with van der Waals surface area (Å²) in [6.45, 7) is 0.461. The second kappa shape index (κ2) is 7.95. The molecule has 0 fully saturated rings. The summed E-state index contributed by atoms with van der Waals surface area (Å²) in [6.07, 6.45) is 1.38. The van der Waals surface area contributed by atoms with Crippen molar-refractivity contribution in [2.24, 2.45) is 0 Å². The number of methoxy groups -OCH3 is 1. The molecular formula is C14H12BrClN2O4. The van der Waals surface area contributed by atoms with E-state index in [1.807, 2.05) is 0 Å². The number of aromatic nitrogens is 2. The summed E-state index contributed by atoms with van der Waals surface area (Å²) < 4.78 is 16.2. The van der Waals surface area contributed by atoms with Gasteiger partial charge < -0.3 is 14.2 Å². The predicted molar refractivity (Wildman–Crippen MR) is 83.5 cm³/mol. The van der Waals surface area contributed by atoms with Gasteiger partial charge in [-0.2, -0.15) is 0 Å². The van der Waals surface area contributed by atoms with Crippen LogP contribution >= 0.6 is 27.5 Å². The van der Waals surface area contributed by atoms with E-state index in [0.29, 0.717) is 21.4 Å². The molecule has 0 saturated heterocycles. The Morgan fingerprint density at radius 1 is 1.32 bits per heavy atom. The third-order valence-electron chi connectivity index (χ3n) is 2.52. The van der Waals surface area contributed by atoms with Gasteiger partial charge in [-0.05, 0) is 22.0 Å². The number of nitrogens with zero attached hydrogens (tertiary/aromatic N) is 2. The first-order valence-electron chi connectivity index (χ1n) is 6.22. The molecule has 2 aromatic rings. The molecule has 0 aliphatic heterocycles. The SMILES string of the molecule is COC(=O)c1cnc(Br)cc1OCCOc1cccc(Cl)n1. The van der Waals surface area contributed by atoms with Gasteiger partial charge >= 0.3 is 5.97 Å². The van der Waals surface area contributed by atoms with E-state index in [0.717, 1.165) is 0 Å². The lowest BCUT2D eigenvalue weighted by Crippen LogP contribution is -2.12. The van der Waals surface area contributed by atoms with Crippen molar-refractivity contribution < 1.29 is 19.0 Å². The van der Waals surface area contributed by atoms with Gasteiger partial charge in [0.05, 0.1) is 7.11 Å². The molecule has 2 heterocycles. The standard InChI is InChI=1S/C14H12BrClN2O4/c1-20-14(19)9-8-17-11(15)7-10(9)21-5-6-22-13-4-2-3-12(16)18-13/h2-4,7-8H,5-6H2,1H3. The average Bonchev–Trinajstić information content (AvgIpc) is 2.51. The Morgan fingerprint density at radius 3 is 2.82 bits per heavy atom. The third kappa shape index (κ3) is 4.57. The van der Waals surface area contributed by atoms with Crippen LogP contribution in [0, 0.1) is 0 Å². The Kier molecular flexibility index (Phi) is 5.97. The van der Waals surface area contributed by atoms with Crippen LogP contribution in [0.15, 0.2) is 35.1 Å². The van der Waals surface area contributed by atoms with Crippen molar-refractivity contribution in [2.75, 3.05) is 20.3 Å². The van der Waals surface area contributed by atoms with Crippen LogP contribution in [-0.4, -0.2) is 36.3 Å². The van der Waals surface area contributed by atoms with Crippen LogP contribution in [0.5, 0.6) is 11.6 Å². The first kappa shape index (κ1) is 16.5.